The smallest absolute Gasteiger partial charge is 0.277 e. The molecule has 0 aliphatic heterocycles. The number of hydrogen-bond acceptors (Lipinski definition) is 5. The van der Waals surface area contributed by atoms with Crippen molar-refractivity contribution in [3.8, 4) is 11.5 Å². The summed E-state index contributed by atoms with van der Waals surface area (Å²) in [6.45, 7) is 0.196. The number of nitrogens with zero attached hydrogens (tertiary/aromatic N) is 4. The monoisotopic (exact) mass is 413 g/mol. The van der Waals surface area contributed by atoms with Crippen LogP contribution in [0.25, 0.3) is 11.5 Å². The van der Waals surface area contributed by atoms with E-state index in [1.807, 2.05) is 12.1 Å². The molecule has 0 radical (unpaired) electrons. The Balaban J connectivity index is 1.47. The standard InChI is InChI=1S/C20H23N5O3S/c1-24-19(18-8-4-5-11-21-18)23-25(20(24)26)13-12-22-29(27,28)17-10-9-15-6-2-3-7-16(15)14-17/h4-5,8-11,14,22H,2-3,6-7,12-13H2,1H3. The van der Waals surface area contributed by atoms with Gasteiger partial charge in [-0.05, 0) is 61.1 Å². The molecule has 8 nitrogen and oxygen atoms in total. The second-order valence-electron chi connectivity index (χ2n) is 7.14. The van der Waals surface area contributed by atoms with Gasteiger partial charge in [0.15, 0.2) is 5.82 Å². The second kappa shape index (κ2) is 7.92. The lowest BCUT2D eigenvalue weighted by atomic mass is 9.92. The molecule has 0 saturated carbocycles. The average molecular weight is 414 g/mol. The van der Waals surface area contributed by atoms with E-state index in [1.54, 1.807) is 37.5 Å². The number of nitrogens with one attached hydrogen (secondary N) is 1. The average Bonchev–Trinajstić information content (AvgIpc) is 3.02. The van der Waals surface area contributed by atoms with Crippen LogP contribution >= 0.6 is 0 Å². The highest BCUT2D eigenvalue weighted by molar-refractivity contribution is 7.89. The molecule has 2 heterocycles. The largest absolute Gasteiger partial charge is 0.346 e. The Morgan fingerprint density at radius 3 is 2.66 bits per heavy atom. The maximum atomic E-state index is 12.7. The molecule has 0 amide bonds. The highest BCUT2D eigenvalue weighted by Gasteiger charge is 2.18. The van der Waals surface area contributed by atoms with Gasteiger partial charge in [0, 0.05) is 19.8 Å². The minimum atomic E-state index is -3.64. The maximum absolute atomic E-state index is 12.7. The summed E-state index contributed by atoms with van der Waals surface area (Å²) in [4.78, 5) is 16.9. The fraction of sp³-hybridized carbons (Fsp3) is 0.350. The SMILES string of the molecule is Cn1c(-c2ccccn2)nn(CCNS(=O)(=O)c2ccc3c(c2)CCCC3)c1=O. The summed E-state index contributed by atoms with van der Waals surface area (Å²) in [6.07, 6.45) is 5.79. The fourth-order valence-corrected chi connectivity index (χ4v) is 4.67. The molecule has 1 N–H and O–H groups in total. The van der Waals surface area contributed by atoms with E-state index in [1.165, 1.54) is 14.8 Å². The van der Waals surface area contributed by atoms with Gasteiger partial charge in [0.2, 0.25) is 10.0 Å². The minimum absolute atomic E-state index is 0.0675. The Bertz CT molecular complexity index is 1180. The van der Waals surface area contributed by atoms with Gasteiger partial charge >= 0.3 is 5.69 Å². The topological polar surface area (TPSA) is 98.9 Å². The predicted octanol–water partition coefficient (Wildman–Crippen LogP) is 1.50. The molecule has 9 heteroatoms. The van der Waals surface area contributed by atoms with Gasteiger partial charge in [-0.3, -0.25) is 9.55 Å². The second-order valence-corrected chi connectivity index (χ2v) is 8.91. The summed E-state index contributed by atoms with van der Waals surface area (Å²) >= 11 is 0. The molecule has 152 valence electrons. The van der Waals surface area contributed by atoms with E-state index >= 15 is 0 Å². The van der Waals surface area contributed by atoms with E-state index in [4.69, 9.17) is 0 Å². The molecule has 0 spiro atoms. The Labute approximate surface area is 169 Å². The molecule has 2 aromatic heterocycles. The van der Waals surface area contributed by atoms with Gasteiger partial charge in [-0.15, -0.1) is 5.10 Å². The molecule has 0 saturated heterocycles. The van der Waals surface area contributed by atoms with Crippen LogP contribution in [0.3, 0.4) is 0 Å². The lowest BCUT2D eigenvalue weighted by Crippen LogP contribution is -2.32. The van der Waals surface area contributed by atoms with E-state index in [0.29, 0.717) is 11.5 Å². The Kier molecular flexibility index (Phi) is 5.33. The fourth-order valence-electron chi connectivity index (χ4n) is 3.60. The quantitative estimate of drug-likeness (QED) is 0.660. The lowest BCUT2D eigenvalue weighted by molar-refractivity contribution is 0.550. The van der Waals surface area contributed by atoms with Gasteiger partial charge in [-0.2, -0.15) is 0 Å². The van der Waals surface area contributed by atoms with Crippen LogP contribution in [0, 0.1) is 0 Å². The highest BCUT2D eigenvalue weighted by atomic mass is 32.2. The van der Waals surface area contributed by atoms with E-state index in [-0.39, 0.29) is 23.7 Å². The summed E-state index contributed by atoms with van der Waals surface area (Å²) in [5.74, 6) is 0.438. The van der Waals surface area contributed by atoms with E-state index in [2.05, 4.69) is 14.8 Å². The zero-order valence-electron chi connectivity index (χ0n) is 16.2. The molecule has 0 bridgehead atoms. The molecule has 29 heavy (non-hydrogen) atoms. The van der Waals surface area contributed by atoms with Crippen LogP contribution in [0.5, 0.6) is 0 Å². The van der Waals surface area contributed by atoms with Crippen LogP contribution in [0.1, 0.15) is 24.0 Å². The van der Waals surface area contributed by atoms with Gasteiger partial charge in [-0.25, -0.2) is 22.6 Å². The molecule has 1 aliphatic carbocycles. The summed E-state index contributed by atoms with van der Waals surface area (Å²) < 4.78 is 30.5. The van der Waals surface area contributed by atoms with Gasteiger partial charge in [0.1, 0.15) is 5.69 Å². The van der Waals surface area contributed by atoms with Crippen molar-refractivity contribution < 1.29 is 8.42 Å². The van der Waals surface area contributed by atoms with E-state index in [9.17, 15) is 13.2 Å². The molecule has 3 aromatic rings. The maximum Gasteiger partial charge on any atom is 0.346 e. The molecular formula is C20H23N5O3S. The highest BCUT2D eigenvalue weighted by Crippen LogP contribution is 2.24. The number of pyridine rings is 1. The molecule has 4 rings (SSSR count). The van der Waals surface area contributed by atoms with Crippen LogP contribution in [-0.4, -0.2) is 34.3 Å². The van der Waals surface area contributed by atoms with Crippen LogP contribution in [0.15, 0.2) is 52.3 Å². The van der Waals surface area contributed by atoms with Crippen molar-refractivity contribution >= 4 is 10.0 Å². The summed E-state index contributed by atoms with van der Waals surface area (Å²) in [6, 6.07) is 10.7. The van der Waals surface area contributed by atoms with E-state index < -0.39 is 10.0 Å². The number of sulfonamides is 1. The Morgan fingerprint density at radius 1 is 1.10 bits per heavy atom. The summed E-state index contributed by atoms with van der Waals surface area (Å²) in [5.41, 5.74) is 2.61. The normalized spacial score (nSPS) is 14.0. The van der Waals surface area contributed by atoms with Crippen molar-refractivity contribution in [2.75, 3.05) is 6.54 Å². The number of hydrogen-bond donors (Lipinski definition) is 1. The first-order chi connectivity index (χ1) is 14.0. The Morgan fingerprint density at radius 2 is 1.90 bits per heavy atom. The number of aromatic nitrogens is 4. The first-order valence-electron chi connectivity index (χ1n) is 9.62. The zero-order valence-corrected chi connectivity index (χ0v) is 17.0. The van der Waals surface area contributed by atoms with Crippen LogP contribution in [-0.2, 0) is 36.5 Å². The molecule has 0 fully saturated rings. The molecule has 1 aromatic carbocycles. The molecule has 1 aliphatic rings. The van der Waals surface area contributed by atoms with Crippen molar-refractivity contribution in [3.63, 3.8) is 0 Å². The zero-order chi connectivity index (χ0) is 20.4. The van der Waals surface area contributed by atoms with Gasteiger partial charge in [0.25, 0.3) is 0 Å². The molecule has 0 unspecified atom stereocenters. The number of rotatable bonds is 6. The third-order valence-corrected chi connectivity index (χ3v) is 6.64. The van der Waals surface area contributed by atoms with Crippen LogP contribution in [0.4, 0.5) is 0 Å². The summed E-state index contributed by atoms with van der Waals surface area (Å²) in [7, 11) is -2.03. The van der Waals surface area contributed by atoms with E-state index in [0.717, 1.165) is 31.2 Å². The van der Waals surface area contributed by atoms with Crippen LogP contribution in [0.2, 0.25) is 0 Å². The first-order valence-corrected chi connectivity index (χ1v) is 11.1. The molecular weight excluding hydrogens is 390 g/mol. The number of benzene rings is 1. The summed E-state index contributed by atoms with van der Waals surface area (Å²) in [5, 5.41) is 4.30. The third-order valence-electron chi connectivity index (χ3n) is 5.18. The number of fused-ring (bicyclic) bond motifs is 1. The third kappa shape index (κ3) is 4.01. The van der Waals surface area contributed by atoms with Crippen molar-refractivity contribution in [3.05, 3.63) is 64.2 Å². The number of aryl methyl sites for hydroxylation is 2. The minimum Gasteiger partial charge on any atom is -0.277 e. The van der Waals surface area contributed by atoms with Crippen molar-refractivity contribution in [2.45, 2.75) is 37.1 Å². The van der Waals surface area contributed by atoms with Crippen molar-refractivity contribution in [2.24, 2.45) is 7.05 Å². The van der Waals surface area contributed by atoms with Gasteiger partial charge in [-0.1, -0.05) is 12.1 Å². The van der Waals surface area contributed by atoms with Crippen molar-refractivity contribution in [1.29, 1.82) is 0 Å². The first kappa shape index (κ1) is 19.5. The molecule has 0 atom stereocenters. The predicted molar refractivity (Wildman–Crippen MR) is 109 cm³/mol. The Hall–Kier alpha value is -2.78. The lowest BCUT2D eigenvalue weighted by Gasteiger charge is -2.16. The van der Waals surface area contributed by atoms with Crippen LogP contribution < -0.4 is 10.4 Å². The van der Waals surface area contributed by atoms with Gasteiger partial charge < -0.3 is 0 Å². The van der Waals surface area contributed by atoms with Gasteiger partial charge in [0.05, 0.1) is 11.4 Å². The van der Waals surface area contributed by atoms with Crippen molar-refractivity contribution in [1.82, 2.24) is 24.1 Å².